The molecule has 0 bridgehead atoms. The Morgan fingerprint density at radius 2 is 1.36 bits per heavy atom. The summed E-state index contributed by atoms with van der Waals surface area (Å²) >= 11 is 5.10. The lowest BCUT2D eigenvalue weighted by Gasteiger charge is -2.27. The topological polar surface area (TPSA) is 43.1 Å². The van der Waals surface area contributed by atoms with Gasteiger partial charge in [0.1, 0.15) is 0 Å². The van der Waals surface area contributed by atoms with Gasteiger partial charge in [-0.05, 0) is 11.8 Å². The molecule has 0 saturated heterocycles. The summed E-state index contributed by atoms with van der Waals surface area (Å²) in [4.78, 5) is 0.444. The highest BCUT2D eigenvalue weighted by atomic mass is 32.1. The van der Waals surface area contributed by atoms with Crippen LogP contribution in [-0.4, -0.2) is 23.5 Å². The standard InChI is InChI=1S/C18H38NOPS/c1-5-9-11-16(7-3)13-21(20,15-18(19)22)14-17(8-4)12-10-6-2/h16-17H,5-15H2,1-4H3,(H2,19,22). The number of hydrogen-bond donors (Lipinski definition) is 1. The van der Waals surface area contributed by atoms with E-state index in [1.807, 2.05) is 0 Å². The molecule has 22 heavy (non-hydrogen) atoms. The van der Waals surface area contributed by atoms with E-state index in [0.29, 0.717) is 23.0 Å². The first-order chi connectivity index (χ1) is 10.4. The largest absolute Gasteiger partial charge is 0.393 e. The van der Waals surface area contributed by atoms with Gasteiger partial charge in [0.05, 0.1) is 18.3 Å². The highest BCUT2D eigenvalue weighted by molar-refractivity contribution is 7.82. The molecular weight excluding hydrogens is 309 g/mol. The Kier molecular flexibility index (Phi) is 12.6. The summed E-state index contributed by atoms with van der Waals surface area (Å²) in [5.41, 5.74) is 5.77. The molecule has 0 aliphatic rings. The summed E-state index contributed by atoms with van der Waals surface area (Å²) < 4.78 is 13.5. The Labute approximate surface area is 144 Å². The van der Waals surface area contributed by atoms with Gasteiger partial charge in [0, 0.05) is 12.3 Å². The van der Waals surface area contributed by atoms with Gasteiger partial charge < -0.3 is 10.3 Å². The minimum Gasteiger partial charge on any atom is -0.393 e. The van der Waals surface area contributed by atoms with Gasteiger partial charge in [-0.3, -0.25) is 0 Å². The highest BCUT2D eigenvalue weighted by Crippen LogP contribution is 2.51. The van der Waals surface area contributed by atoms with Gasteiger partial charge >= 0.3 is 0 Å². The quantitative estimate of drug-likeness (QED) is 0.306. The monoisotopic (exact) mass is 347 g/mol. The summed E-state index contributed by atoms with van der Waals surface area (Å²) in [7, 11) is -2.27. The maximum absolute atomic E-state index is 13.5. The van der Waals surface area contributed by atoms with Crippen molar-refractivity contribution >= 4 is 24.3 Å². The van der Waals surface area contributed by atoms with Crippen molar-refractivity contribution in [2.24, 2.45) is 17.6 Å². The van der Waals surface area contributed by atoms with Crippen LogP contribution in [0.5, 0.6) is 0 Å². The third-order valence-electron chi connectivity index (χ3n) is 4.71. The van der Waals surface area contributed by atoms with Crippen molar-refractivity contribution in [3.05, 3.63) is 0 Å². The van der Waals surface area contributed by atoms with E-state index in [-0.39, 0.29) is 0 Å². The third-order valence-corrected chi connectivity index (χ3v) is 8.35. The molecule has 0 fully saturated rings. The first kappa shape index (κ1) is 22.1. The van der Waals surface area contributed by atoms with Crippen LogP contribution in [0.1, 0.15) is 79.1 Å². The van der Waals surface area contributed by atoms with Crippen molar-refractivity contribution < 1.29 is 4.57 Å². The van der Waals surface area contributed by atoms with Gasteiger partial charge in [-0.25, -0.2) is 0 Å². The van der Waals surface area contributed by atoms with E-state index in [1.54, 1.807) is 0 Å². The van der Waals surface area contributed by atoms with Crippen LogP contribution < -0.4 is 5.73 Å². The van der Waals surface area contributed by atoms with Crippen LogP contribution in [0.4, 0.5) is 0 Å². The Bertz CT molecular complexity index is 324. The maximum atomic E-state index is 13.5. The zero-order chi connectivity index (χ0) is 17.0. The molecule has 2 atom stereocenters. The molecule has 0 heterocycles. The summed E-state index contributed by atoms with van der Waals surface area (Å²) in [5.74, 6) is 1.15. The van der Waals surface area contributed by atoms with Crippen molar-refractivity contribution in [1.29, 1.82) is 0 Å². The number of unbranched alkanes of at least 4 members (excludes halogenated alkanes) is 2. The molecular formula is C18H38NOPS. The SMILES string of the molecule is CCCCC(CC)CP(=O)(CC(N)=S)CC(CC)CCCC. The van der Waals surface area contributed by atoms with E-state index < -0.39 is 7.14 Å². The summed E-state index contributed by atoms with van der Waals surface area (Å²) in [6.07, 6.45) is 11.7. The lowest BCUT2D eigenvalue weighted by Crippen LogP contribution is -2.21. The number of rotatable bonds is 14. The molecule has 0 aliphatic carbocycles. The highest BCUT2D eigenvalue weighted by Gasteiger charge is 2.29. The molecule has 0 radical (unpaired) electrons. The fourth-order valence-electron chi connectivity index (χ4n) is 3.26. The minimum atomic E-state index is -2.27. The van der Waals surface area contributed by atoms with Crippen molar-refractivity contribution in [1.82, 2.24) is 0 Å². The first-order valence-corrected chi connectivity index (χ1v) is 11.9. The summed E-state index contributed by atoms with van der Waals surface area (Å²) in [6, 6.07) is 0. The van der Waals surface area contributed by atoms with Crippen molar-refractivity contribution in [2.75, 3.05) is 18.5 Å². The van der Waals surface area contributed by atoms with Crippen LogP contribution in [0.2, 0.25) is 0 Å². The van der Waals surface area contributed by atoms with E-state index in [0.717, 1.165) is 25.2 Å². The van der Waals surface area contributed by atoms with Gasteiger partial charge in [-0.15, -0.1) is 0 Å². The predicted molar refractivity (Wildman–Crippen MR) is 106 cm³/mol. The first-order valence-electron chi connectivity index (χ1n) is 9.26. The van der Waals surface area contributed by atoms with Crippen LogP contribution in [0, 0.1) is 11.8 Å². The fourth-order valence-corrected chi connectivity index (χ4v) is 7.71. The van der Waals surface area contributed by atoms with Crippen molar-refractivity contribution in [2.45, 2.75) is 79.1 Å². The second-order valence-corrected chi connectivity index (χ2v) is 10.6. The van der Waals surface area contributed by atoms with Crippen LogP contribution in [0.15, 0.2) is 0 Å². The van der Waals surface area contributed by atoms with E-state index >= 15 is 0 Å². The van der Waals surface area contributed by atoms with Gasteiger partial charge in [0.15, 0.2) is 0 Å². The second-order valence-electron chi connectivity index (χ2n) is 6.88. The van der Waals surface area contributed by atoms with Gasteiger partial charge in [-0.1, -0.05) is 91.3 Å². The third kappa shape index (κ3) is 10.0. The maximum Gasteiger partial charge on any atom is 0.0947 e. The molecule has 0 amide bonds. The fraction of sp³-hybridized carbons (Fsp3) is 0.944. The molecule has 4 heteroatoms. The van der Waals surface area contributed by atoms with Crippen LogP contribution in [0.25, 0.3) is 0 Å². The molecule has 0 aromatic carbocycles. The van der Waals surface area contributed by atoms with E-state index in [1.165, 1.54) is 38.5 Å². The van der Waals surface area contributed by atoms with Crippen LogP contribution in [0.3, 0.4) is 0 Å². The molecule has 0 saturated carbocycles. The van der Waals surface area contributed by atoms with Crippen LogP contribution in [-0.2, 0) is 4.57 Å². The molecule has 0 rings (SSSR count). The zero-order valence-corrected chi connectivity index (χ0v) is 17.0. The summed E-state index contributed by atoms with van der Waals surface area (Å²) in [5, 5.41) is 0. The molecule has 0 aromatic heterocycles. The van der Waals surface area contributed by atoms with E-state index in [4.69, 9.17) is 18.0 Å². The Balaban J connectivity index is 4.87. The second kappa shape index (κ2) is 12.5. The average molecular weight is 348 g/mol. The number of nitrogens with two attached hydrogens (primary N) is 1. The Morgan fingerprint density at radius 1 is 0.955 bits per heavy atom. The van der Waals surface area contributed by atoms with E-state index in [9.17, 15) is 4.57 Å². The Morgan fingerprint density at radius 3 is 1.64 bits per heavy atom. The predicted octanol–water partition coefficient (Wildman–Crippen LogP) is 6.07. The number of hydrogen-bond acceptors (Lipinski definition) is 2. The minimum absolute atomic E-state index is 0.444. The molecule has 0 aliphatic heterocycles. The molecule has 2 nitrogen and oxygen atoms in total. The summed E-state index contributed by atoms with van der Waals surface area (Å²) in [6.45, 7) is 8.89. The molecule has 132 valence electrons. The van der Waals surface area contributed by atoms with E-state index in [2.05, 4.69) is 27.7 Å². The zero-order valence-electron chi connectivity index (χ0n) is 15.3. The normalized spacial score (nSPS) is 16.9. The van der Waals surface area contributed by atoms with Gasteiger partial charge in [0.25, 0.3) is 0 Å². The Hall–Kier alpha value is 0.120. The molecule has 2 N–H and O–H groups in total. The van der Waals surface area contributed by atoms with Crippen LogP contribution >= 0.6 is 19.4 Å². The smallest absolute Gasteiger partial charge is 0.0947 e. The molecule has 0 aromatic rings. The molecule has 2 unspecified atom stereocenters. The number of thiocarbonyl (C=S) groups is 1. The lowest BCUT2D eigenvalue weighted by molar-refractivity contribution is 0.464. The average Bonchev–Trinajstić information content (AvgIpc) is 2.47. The van der Waals surface area contributed by atoms with Crippen molar-refractivity contribution in [3.8, 4) is 0 Å². The van der Waals surface area contributed by atoms with Gasteiger partial charge in [0.2, 0.25) is 0 Å². The lowest BCUT2D eigenvalue weighted by atomic mass is 10.0. The van der Waals surface area contributed by atoms with Crippen molar-refractivity contribution in [3.63, 3.8) is 0 Å². The van der Waals surface area contributed by atoms with Gasteiger partial charge in [-0.2, -0.15) is 0 Å². The molecule has 0 spiro atoms.